The summed E-state index contributed by atoms with van der Waals surface area (Å²) in [6.07, 6.45) is 0.686. The van der Waals surface area contributed by atoms with Gasteiger partial charge >= 0.3 is 7.80 Å². The third-order valence-corrected chi connectivity index (χ3v) is 1.42. The Hall–Kier alpha value is 0.0600. The zero-order chi connectivity index (χ0) is 5.70. The van der Waals surface area contributed by atoms with Crippen molar-refractivity contribution >= 4 is 7.80 Å². The summed E-state index contributed by atoms with van der Waals surface area (Å²) >= 11 is 0. The summed E-state index contributed by atoms with van der Waals surface area (Å²) in [6.45, 7) is 2.32. The van der Waals surface area contributed by atoms with Gasteiger partial charge in [-0.25, -0.2) is 0 Å². The van der Waals surface area contributed by atoms with Gasteiger partial charge in [-0.15, -0.1) is 0 Å². The molecule has 0 aromatic carbocycles. The van der Waals surface area contributed by atoms with Crippen molar-refractivity contribution in [2.75, 3.05) is 26.5 Å². The van der Waals surface area contributed by atoms with Crippen LogP contribution >= 0.6 is 7.80 Å². The Morgan fingerprint density at radius 2 is 2.29 bits per heavy atom. The Kier molecular flexibility index (Phi) is 4.26. The molecule has 0 rings (SSSR count). The maximum atomic E-state index is 10.3. The van der Waals surface area contributed by atoms with E-state index in [4.69, 9.17) is 0 Å². The van der Waals surface area contributed by atoms with Gasteiger partial charge in [-0.2, -0.15) is 0 Å². The molecule has 42 valence electrons. The van der Waals surface area contributed by atoms with Crippen LogP contribution < -0.4 is 0 Å². The zero-order valence-corrected chi connectivity index (χ0v) is 5.57. The number of rotatable bonds is 3. The molecule has 0 aromatic heterocycles. The SMILES string of the molecule is COCC[P+](C)=O. The molecule has 0 spiro atoms. The van der Waals surface area contributed by atoms with E-state index in [2.05, 4.69) is 4.74 Å². The molecule has 1 unspecified atom stereocenters. The molecule has 7 heavy (non-hydrogen) atoms. The van der Waals surface area contributed by atoms with E-state index in [-0.39, 0.29) is 0 Å². The van der Waals surface area contributed by atoms with Crippen LogP contribution in [-0.2, 0) is 9.30 Å². The third kappa shape index (κ3) is 6.06. The topological polar surface area (TPSA) is 26.3 Å². The number of methoxy groups -OCH3 is 1. The first kappa shape index (κ1) is 7.06. The van der Waals surface area contributed by atoms with Crippen LogP contribution in [0.2, 0.25) is 0 Å². The van der Waals surface area contributed by atoms with E-state index < -0.39 is 7.80 Å². The highest BCUT2D eigenvalue weighted by Crippen LogP contribution is 2.10. The van der Waals surface area contributed by atoms with Crippen molar-refractivity contribution in [2.24, 2.45) is 0 Å². The molecule has 0 radical (unpaired) electrons. The molecule has 3 heteroatoms. The highest BCUT2D eigenvalue weighted by Gasteiger charge is 2.01. The molecule has 1 atom stereocenters. The van der Waals surface area contributed by atoms with Crippen LogP contribution in [0.25, 0.3) is 0 Å². The molecule has 0 fully saturated rings. The summed E-state index contributed by atoms with van der Waals surface area (Å²) in [5.74, 6) is 0. The average molecular weight is 121 g/mol. The van der Waals surface area contributed by atoms with Gasteiger partial charge in [0.25, 0.3) is 0 Å². The van der Waals surface area contributed by atoms with Crippen molar-refractivity contribution in [3.63, 3.8) is 0 Å². The quantitative estimate of drug-likeness (QED) is 0.522. The van der Waals surface area contributed by atoms with Crippen molar-refractivity contribution in [3.8, 4) is 0 Å². The summed E-state index contributed by atoms with van der Waals surface area (Å²) in [7, 11) is 0.629. The highest BCUT2D eigenvalue weighted by atomic mass is 31.1. The number of hydrogen-bond donors (Lipinski definition) is 0. The van der Waals surface area contributed by atoms with Crippen LogP contribution in [0.15, 0.2) is 0 Å². The van der Waals surface area contributed by atoms with E-state index in [1.807, 2.05) is 0 Å². The van der Waals surface area contributed by atoms with Gasteiger partial charge in [-0.1, -0.05) is 4.57 Å². The lowest BCUT2D eigenvalue weighted by molar-refractivity contribution is 0.217. The summed E-state index contributed by atoms with van der Waals surface area (Å²) < 4.78 is 14.9. The number of hydrogen-bond acceptors (Lipinski definition) is 2. The fourth-order valence-corrected chi connectivity index (χ4v) is 0.660. The van der Waals surface area contributed by atoms with E-state index >= 15 is 0 Å². The Morgan fingerprint density at radius 3 is 2.43 bits per heavy atom. The summed E-state index contributed by atoms with van der Waals surface area (Å²) in [5, 5.41) is 0. The minimum Gasteiger partial charge on any atom is -0.380 e. The lowest BCUT2D eigenvalue weighted by Gasteiger charge is -1.82. The van der Waals surface area contributed by atoms with Crippen LogP contribution in [0.3, 0.4) is 0 Å². The zero-order valence-electron chi connectivity index (χ0n) is 4.68. The minimum absolute atomic E-state index is 0.617. The molecule has 0 aromatic rings. The number of ether oxygens (including phenoxy) is 1. The standard InChI is InChI=1S/C4H10O2P/c1-6-3-4-7(2)5/h3-4H2,1-2H3/q+1. The molecular formula is C4H10O2P+. The second-order valence-corrected chi connectivity index (χ2v) is 3.05. The Labute approximate surface area is 44.7 Å². The molecule has 0 aliphatic rings. The van der Waals surface area contributed by atoms with Gasteiger partial charge in [-0.3, -0.25) is 0 Å². The lowest BCUT2D eigenvalue weighted by atomic mass is 10.9. The fourth-order valence-electron chi connectivity index (χ4n) is 0.220. The normalized spacial score (nSPS) is 11.4. The molecule has 0 aliphatic carbocycles. The van der Waals surface area contributed by atoms with Gasteiger partial charge in [0.2, 0.25) is 0 Å². The molecule has 0 heterocycles. The summed E-state index contributed by atoms with van der Waals surface area (Å²) in [4.78, 5) is 0. The molecule has 0 aliphatic heterocycles. The lowest BCUT2D eigenvalue weighted by Crippen LogP contribution is -1.89. The van der Waals surface area contributed by atoms with Gasteiger partial charge in [0.05, 0.1) is 6.61 Å². The monoisotopic (exact) mass is 121 g/mol. The van der Waals surface area contributed by atoms with Gasteiger partial charge in [-0.05, 0) is 0 Å². The Balaban J connectivity index is 2.82. The van der Waals surface area contributed by atoms with Crippen molar-refractivity contribution in [1.82, 2.24) is 0 Å². The van der Waals surface area contributed by atoms with Gasteiger partial charge in [0.15, 0.2) is 6.16 Å². The maximum absolute atomic E-state index is 10.3. The van der Waals surface area contributed by atoms with E-state index in [1.165, 1.54) is 0 Å². The molecule has 0 saturated heterocycles. The Bertz CT molecular complexity index is 62.7. The molecule has 0 amide bonds. The molecule has 0 N–H and O–H groups in total. The van der Waals surface area contributed by atoms with Crippen molar-refractivity contribution in [3.05, 3.63) is 0 Å². The van der Waals surface area contributed by atoms with E-state index in [0.29, 0.717) is 12.8 Å². The second-order valence-electron chi connectivity index (χ2n) is 1.34. The van der Waals surface area contributed by atoms with Crippen LogP contribution in [0.1, 0.15) is 0 Å². The molecule has 0 bridgehead atoms. The van der Waals surface area contributed by atoms with Crippen LogP contribution in [-0.4, -0.2) is 26.5 Å². The van der Waals surface area contributed by atoms with Gasteiger partial charge in [0, 0.05) is 7.11 Å². The van der Waals surface area contributed by atoms with Crippen molar-refractivity contribution in [1.29, 1.82) is 0 Å². The first-order valence-electron chi connectivity index (χ1n) is 2.14. The van der Waals surface area contributed by atoms with E-state index in [0.717, 1.165) is 0 Å². The van der Waals surface area contributed by atoms with E-state index in [9.17, 15) is 4.57 Å². The van der Waals surface area contributed by atoms with Gasteiger partial charge in [0.1, 0.15) is 6.66 Å². The van der Waals surface area contributed by atoms with Crippen molar-refractivity contribution in [2.45, 2.75) is 0 Å². The van der Waals surface area contributed by atoms with Crippen LogP contribution in [0, 0.1) is 0 Å². The second kappa shape index (κ2) is 4.23. The summed E-state index contributed by atoms with van der Waals surface area (Å²) in [6, 6.07) is 0. The van der Waals surface area contributed by atoms with Crippen molar-refractivity contribution < 1.29 is 9.30 Å². The van der Waals surface area contributed by atoms with E-state index in [1.54, 1.807) is 13.8 Å². The predicted molar refractivity (Wildman–Crippen MR) is 30.3 cm³/mol. The molecule has 2 nitrogen and oxygen atoms in total. The smallest absolute Gasteiger partial charge is 0.337 e. The maximum Gasteiger partial charge on any atom is 0.337 e. The predicted octanol–water partition coefficient (Wildman–Crippen LogP) is 1.09. The fraction of sp³-hybridized carbons (Fsp3) is 1.00. The minimum atomic E-state index is -0.981. The largest absolute Gasteiger partial charge is 0.380 e. The summed E-state index contributed by atoms with van der Waals surface area (Å²) in [5.41, 5.74) is 0. The Morgan fingerprint density at radius 1 is 1.71 bits per heavy atom. The average Bonchev–Trinajstić information content (AvgIpc) is 1.61. The first-order chi connectivity index (χ1) is 3.27. The van der Waals surface area contributed by atoms with Crippen LogP contribution in [0.4, 0.5) is 0 Å². The molecule has 0 saturated carbocycles. The first-order valence-corrected chi connectivity index (χ1v) is 4.03. The van der Waals surface area contributed by atoms with Crippen LogP contribution in [0.5, 0.6) is 0 Å². The van der Waals surface area contributed by atoms with Gasteiger partial charge < -0.3 is 4.74 Å². The highest BCUT2D eigenvalue weighted by molar-refractivity contribution is 7.43. The molecular weight excluding hydrogens is 111 g/mol. The third-order valence-electron chi connectivity index (χ3n) is 0.610.